The standard InChI is InChI=1S/C12H11NO2S.ClH/c14-12(15)11(10-7-4-8-16-10)13-9-5-2-1-3-6-9;/h1-8,11,13H,(H,14,15);1H. The molecule has 5 heteroatoms. The van der Waals surface area contributed by atoms with E-state index in [9.17, 15) is 4.79 Å². The van der Waals surface area contributed by atoms with Crippen LogP contribution >= 0.6 is 23.7 Å². The molecule has 0 amide bonds. The molecule has 1 aromatic carbocycles. The monoisotopic (exact) mass is 269 g/mol. The minimum Gasteiger partial charge on any atom is -0.479 e. The van der Waals surface area contributed by atoms with Crippen molar-refractivity contribution in [2.24, 2.45) is 0 Å². The van der Waals surface area contributed by atoms with E-state index in [0.717, 1.165) is 10.6 Å². The maximum Gasteiger partial charge on any atom is 0.331 e. The number of nitrogens with one attached hydrogen (secondary N) is 1. The normalized spacial score (nSPS) is 11.3. The van der Waals surface area contributed by atoms with Gasteiger partial charge in [-0.2, -0.15) is 0 Å². The molecule has 1 atom stereocenters. The second kappa shape index (κ2) is 6.27. The maximum absolute atomic E-state index is 11.1. The van der Waals surface area contributed by atoms with E-state index in [1.54, 1.807) is 0 Å². The number of halogens is 1. The van der Waals surface area contributed by atoms with E-state index in [0.29, 0.717) is 0 Å². The molecule has 1 aromatic heterocycles. The van der Waals surface area contributed by atoms with Gasteiger partial charge in [0, 0.05) is 10.6 Å². The number of carboxylic acids is 1. The topological polar surface area (TPSA) is 49.3 Å². The zero-order chi connectivity index (χ0) is 11.4. The summed E-state index contributed by atoms with van der Waals surface area (Å²) in [5.74, 6) is -0.869. The summed E-state index contributed by atoms with van der Waals surface area (Å²) in [5.41, 5.74) is 0.809. The van der Waals surface area contributed by atoms with Crippen LogP contribution in [0.25, 0.3) is 0 Å². The molecule has 3 nitrogen and oxygen atoms in total. The molecule has 90 valence electrons. The van der Waals surface area contributed by atoms with Crippen LogP contribution in [-0.4, -0.2) is 11.1 Å². The Balaban J connectivity index is 0.00000144. The summed E-state index contributed by atoms with van der Waals surface area (Å²) in [7, 11) is 0. The number of hydrogen-bond acceptors (Lipinski definition) is 3. The molecule has 2 aromatic rings. The van der Waals surface area contributed by atoms with Gasteiger partial charge in [0.25, 0.3) is 0 Å². The lowest BCUT2D eigenvalue weighted by Crippen LogP contribution is -2.19. The Morgan fingerprint density at radius 3 is 2.41 bits per heavy atom. The molecular formula is C12H12ClNO2S. The molecule has 2 N–H and O–H groups in total. The highest BCUT2D eigenvalue weighted by atomic mass is 35.5. The lowest BCUT2D eigenvalue weighted by molar-refractivity contribution is -0.138. The third-order valence-electron chi connectivity index (χ3n) is 2.16. The summed E-state index contributed by atoms with van der Waals surface area (Å²) < 4.78 is 0. The van der Waals surface area contributed by atoms with E-state index in [-0.39, 0.29) is 12.4 Å². The fraction of sp³-hybridized carbons (Fsp3) is 0.0833. The van der Waals surface area contributed by atoms with Gasteiger partial charge in [-0.15, -0.1) is 23.7 Å². The Morgan fingerprint density at radius 2 is 1.88 bits per heavy atom. The molecule has 0 bridgehead atoms. The lowest BCUT2D eigenvalue weighted by atomic mass is 10.2. The van der Waals surface area contributed by atoms with Gasteiger partial charge in [0.2, 0.25) is 0 Å². The van der Waals surface area contributed by atoms with Crippen molar-refractivity contribution in [3.63, 3.8) is 0 Å². The highest BCUT2D eigenvalue weighted by molar-refractivity contribution is 7.10. The molecular weight excluding hydrogens is 258 g/mol. The molecule has 0 radical (unpaired) electrons. The van der Waals surface area contributed by atoms with Gasteiger partial charge in [0.1, 0.15) is 0 Å². The summed E-state index contributed by atoms with van der Waals surface area (Å²) in [5, 5.41) is 14.0. The van der Waals surface area contributed by atoms with Gasteiger partial charge in [0.15, 0.2) is 6.04 Å². The SMILES string of the molecule is Cl.O=C(O)C(Nc1ccccc1)c1cccs1. The first-order valence-electron chi connectivity index (χ1n) is 4.85. The number of anilines is 1. The van der Waals surface area contributed by atoms with Crippen LogP contribution in [0.3, 0.4) is 0 Å². The van der Waals surface area contributed by atoms with Gasteiger partial charge < -0.3 is 10.4 Å². The summed E-state index contributed by atoms with van der Waals surface area (Å²) in [6, 6.07) is 12.3. The minimum atomic E-state index is -0.869. The maximum atomic E-state index is 11.1. The third kappa shape index (κ3) is 3.47. The molecule has 0 saturated carbocycles. The first kappa shape index (κ1) is 13.5. The van der Waals surface area contributed by atoms with Gasteiger partial charge in [-0.05, 0) is 23.6 Å². The number of benzene rings is 1. The van der Waals surface area contributed by atoms with Crippen LogP contribution in [0.2, 0.25) is 0 Å². The zero-order valence-corrected chi connectivity index (χ0v) is 10.5. The van der Waals surface area contributed by atoms with Crippen molar-refractivity contribution in [2.45, 2.75) is 6.04 Å². The Kier molecular flexibility index (Phi) is 5.00. The number of carboxylic acid groups (broad SMARTS) is 1. The summed E-state index contributed by atoms with van der Waals surface area (Å²) in [4.78, 5) is 11.9. The highest BCUT2D eigenvalue weighted by Gasteiger charge is 2.20. The predicted octanol–water partition coefficient (Wildman–Crippen LogP) is 3.41. The molecule has 1 heterocycles. The summed E-state index contributed by atoms with van der Waals surface area (Å²) in [6.45, 7) is 0. The van der Waals surface area contributed by atoms with Gasteiger partial charge in [0.05, 0.1) is 0 Å². The number of hydrogen-bond donors (Lipinski definition) is 2. The van der Waals surface area contributed by atoms with E-state index in [1.807, 2.05) is 47.8 Å². The van der Waals surface area contributed by atoms with Crippen LogP contribution < -0.4 is 5.32 Å². The zero-order valence-electron chi connectivity index (χ0n) is 8.87. The van der Waals surface area contributed by atoms with E-state index in [2.05, 4.69) is 5.32 Å². The largest absolute Gasteiger partial charge is 0.479 e. The Bertz CT molecular complexity index is 459. The Hall–Kier alpha value is -1.52. The number of thiophene rings is 1. The Labute approximate surface area is 110 Å². The second-order valence-electron chi connectivity index (χ2n) is 3.30. The molecule has 1 unspecified atom stereocenters. The molecule has 17 heavy (non-hydrogen) atoms. The van der Waals surface area contributed by atoms with E-state index in [4.69, 9.17) is 5.11 Å². The van der Waals surface area contributed by atoms with Crippen molar-refractivity contribution >= 4 is 35.4 Å². The van der Waals surface area contributed by atoms with Crippen molar-refractivity contribution in [3.05, 3.63) is 52.7 Å². The van der Waals surface area contributed by atoms with Crippen molar-refractivity contribution in [2.75, 3.05) is 5.32 Å². The molecule has 0 spiro atoms. The smallest absolute Gasteiger partial charge is 0.331 e. The van der Waals surface area contributed by atoms with Crippen molar-refractivity contribution in [1.29, 1.82) is 0 Å². The molecule has 0 fully saturated rings. The van der Waals surface area contributed by atoms with Crippen LogP contribution in [0.15, 0.2) is 47.8 Å². The van der Waals surface area contributed by atoms with Gasteiger partial charge in [-0.1, -0.05) is 24.3 Å². The number of carbonyl (C=O) groups is 1. The first-order valence-corrected chi connectivity index (χ1v) is 5.73. The van der Waals surface area contributed by atoms with Gasteiger partial charge in [-0.25, -0.2) is 4.79 Å². The van der Waals surface area contributed by atoms with E-state index in [1.165, 1.54) is 11.3 Å². The second-order valence-corrected chi connectivity index (χ2v) is 4.28. The molecule has 2 rings (SSSR count). The molecule has 0 saturated heterocycles. The van der Waals surface area contributed by atoms with E-state index < -0.39 is 12.0 Å². The fourth-order valence-electron chi connectivity index (χ4n) is 1.41. The van der Waals surface area contributed by atoms with E-state index >= 15 is 0 Å². The van der Waals surface area contributed by atoms with Gasteiger partial charge >= 0.3 is 5.97 Å². The minimum absolute atomic E-state index is 0. The average Bonchev–Trinajstić information content (AvgIpc) is 2.80. The van der Waals surface area contributed by atoms with Crippen LogP contribution in [0, 0.1) is 0 Å². The molecule has 0 aliphatic rings. The number of aliphatic carboxylic acids is 1. The van der Waals surface area contributed by atoms with Crippen LogP contribution in [0.5, 0.6) is 0 Å². The fourth-order valence-corrected chi connectivity index (χ4v) is 2.18. The highest BCUT2D eigenvalue weighted by Crippen LogP contribution is 2.23. The first-order chi connectivity index (χ1) is 7.77. The van der Waals surface area contributed by atoms with Crippen LogP contribution in [-0.2, 0) is 4.79 Å². The van der Waals surface area contributed by atoms with Crippen molar-refractivity contribution < 1.29 is 9.90 Å². The quantitative estimate of drug-likeness (QED) is 0.894. The lowest BCUT2D eigenvalue weighted by Gasteiger charge is -2.13. The number of rotatable bonds is 4. The third-order valence-corrected chi connectivity index (χ3v) is 3.10. The average molecular weight is 270 g/mol. The Morgan fingerprint density at radius 1 is 1.18 bits per heavy atom. The summed E-state index contributed by atoms with van der Waals surface area (Å²) in [6.07, 6.45) is 0. The van der Waals surface area contributed by atoms with Crippen molar-refractivity contribution in [1.82, 2.24) is 0 Å². The molecule has 0 aliphatic heterocycles. The molecule has 0 aliphatic carbocycles. The summed E-state index contributed by atoms with van der Waals surface area (Å²) >= 11 is 1.44. The number of para-hydroxylation sites is 1. The predicted molar refractivity (Wildman–Crippen MR) is 72.0 cm³/mol. The van der Waals surface area contributed by atoms with Gasteiger partial charge in [-0.3, -0.25) is 0 Å². The van der Waals surface area contributed by atoms with Crippen LogP contribution in [0.1, 0.15) is 10.9 Å². The van der Waals surface area contributed by atoms with Crippen LogP contribution in [0.4, 0.5) is 5.69 Å². The van der Waals surface area contributed by atoms with Crippen molar-refractivity contribution in [3.8, 4) is 0 Å².